The number of piperazine rings is 1. The van der Waals surface area contributed by atoms with Gasteiger partial charge in [0.1, 0.15) is 0 Å². The van der Waals surface area contributed by atoms with Gasteiger partial charge in [-0.15, -0.1) is 11.3 Å². The first-order valence-electron chi connectivity index (χ1n) is 7.87. The van der Waals surface area contributed by atoms with Crippen LogP contribution in [-0.2, 0) is 13.2 Å². The fourth-order valence-electron chi connectivity index (χ4n) is 3.08. The second-order valence-corrected chi connectivity index (χ2v) is 7.74. The van der Waals surface area contributed by atoms with Crippen molar-refractivity contribution in [1.29, 1.82) is 0 Å². The average Bonchev–Trinajstić information content (AvgIpc) is 3.16. The summed E-state index contributed by atoms with van der Waals surface area (Å²) in [6.07, 6.45) is 1.95. The van der Waals surface area contributed by atoms with Crippen molar-refractivity contribution in [3.63, 3.8) is 0 Å². The van der Waals surface area contributed by atoms with Gasteiger partial charge in [0, 0.05) is 37.6 Å². The smallest absolute Gasteiger partial charge is 0.0969 e. The number of benzene rings is 1. The molecule has 0 bridgehead atoms. The molecule has 3 heterocycles. The SMILES string of the molecule is Clc1ccc(CN2CCN(Cn3cnc4ccccc43)CC2)s1. The zero-order valence-corrected chi connectivity index (χ0v) is 14.4. The highest BCUT2D eigenvalue weighted by molar-refractivity contribution is 7.16. The van der Waals surface area contributed by atoms with E-state index in [1.54, 1.807) is 11.3 Å². The molecule has 0 unspecified atom stereocenters. The van der Waals surface area contributed by atoms with Crippen LogP contribution in [0, 0.1) is 0 Å². The average molecular weight is 347 g/mol. The third-order valence-corrected chi connectivity index (χ3v) is 5.57. The largest absolute Gasteiger partial charge is 0.317 e. The highest BCUT2D eigenvalue weighted by atomic mass is 35.5. The van der Waals surface area contributed by atoms with Crippen LogP contribution in [0.5, 0.6) is 0 Å². The van der Waals surface area contributed by atoms with Crippen molar-refractivity contribution < 1.29 is 0 Å². The minimum atomic E-state index is 0.880. The van der Waals surface area contributed by atoms with E-state index in [0.29, 0.717) is 0 Å². The van der Waals surface area contributed by atoms with Gasteiger partial charge in [-0.1, -0.05) is 23.7 Å². The molecule has 0 atom stereocenters. The van der Waals surface area contributed by atoms with Crippen molar-refractivity contribution in [2.75, 3.05) is 26.2 Å². The number of hydrogen-bond acceptors (Lipinski definition) is 4. The van der Waals surface area contributed by atoms with Gasteiger partial charge in [0.25, 0.3) is 0 Å². The molecule has 4 nitrogen and oxygen atoms in total. The van der Waals surface area contributed by atoms with Crippen molar-refractivity contribution >= 4 is 34.0 Å². The predicted octanol–water partition coefficient (Wildman–Crippen LogP) is 3.53. The Morgan fingerprint density at radius 1 is 1.00 bits per heavy atom. The number of halogens is 1. The van der Waals surface area contributed by atoms with Gasteiger partial charge in [-0.2, -0.15) is 0 Å². The fraction of sp³-hybridized carbons (Fsp3) is 0.353. The minimum Gasteiger partial charge on any atom is -0.317 e. The highest BCUT2D eigenvalue weighted by Gasteiger charge is 2.18. The van der Waals surface area contributed by atoms with E-state index in [-0.39, 0.29) is 0 Å². The Morgan fingerprint density at radius 3 is 2.57 bits per heavy atom. The maximum absolute atomic E-state index is 6.01. The molecule has 1 aromatic carbocycles. The summed E-state index contributed by atoms with van der Waals surface area (Å²) in [5.74, 6) is 0. The molecular weight excluding hydrogens is 328 g/mol. The van der Waals surface area contributed by atoms with Gasteiger partial charge in [0.05, 0.1) is 28.4 Å². The quantitative estimate of drug-likeness (QED) is 0.722. The predicted molar refractivity (Wildman–Crippen MR) is 95.9 cm³/mol. The molecule has 1 aliphatic heterocycles. The molecule has 0 spiro atoms. The molecule has 0 amide bonds. The molecule has 0 saturated carbocycles. The molecule has 2 aromatic heterocycles. The second kappa shape index (κ2) is 6.61. The molecular formula is C17H19ClN4S. The summed E-state index contributed by atoms with van der Waals surface area (Å²) in [5, 5.41) is 0. The lowest BCUT2D eigenvalue weighted by Crippen LogP contribution is -2.46. The zero-order chi connectivity index (χ0) is 15.6. The maximum Gasteiger partial charge on any atom is 0.0969 e. The normalized spacial score (nSPS) is 17.1. The summed E-state index contributed by atoms with van der Waals surface area (Å²) in [6.45, 7) is 6.31. The second-order valence-electron chi connectivity index (χ2n) is 5.94. The molecule has 6 heteroatoms. The van der Waals surface area contributed by atoms with Crippen molar-refractivity contribution in [3.05, 3.63) is 51.9 Å². The van der Waals surface area contributed by atoms with E-state index in [1.807, 2.05) is 18.5 Å². The molecule has 0 radical (unpaired) electrons. The number of aromatic nitrogens is 2. The lowest BCUT2D eigenvalue weighted by molar-refractivity contribution is 0.105. The van der Waals surface area contributed by atoms with Crippen molar-refractivity contribution in [3.8, 4) is 0 Å². The maximum atomic E-state index is 6.01. The first-order chi connectivity index (χ1) is 11.3. The van der Waals surface area contributed by atoms with Gasteiger partial charge in [0.15, 0.2) is 0 Å². The van der Waals surface area contributed by atoms with Crippen LogP contribution in [0.4, 0.5) is 0 Å². The summed E-state index contributed by atoms with van der Waals surface area (Å²) < 4.78 is 3.12. The van der Waals surface area contributed by atoms with Crippen LogP contribution in [0.25, 0.3) is 11.0 Å². The van der Waals surface area contributed by atoms with E-state index < -0.39 is 0 Å². The zero-order valence-electron chi connectivity index (χ0n) is 12.9. The van der Waals surface area contributed by atoms with Gasteiger partial charge in [-0.05, 0) is 24.3 Å². The first kappa shape index (κ1) is 15.1. The van der Waals surface area contributed by atoms with Crippen LogP contribution in [0.3, 0.4) is 0 Å². The van der Waals surface area contributed by atoms with E-state index in [4.69, 9.17) is 11.6 Å². The van der Waals surface area contributed by atoms with E-state index in [9.17, 15) is 0 Å². The van der Waals surface area contributed by atoms with Gasteiger partial charge in [-0.3, -0.25) is 9.80 Å². The number of hydrogen-bond donors (Lipinski definition) is 0. The van der Waals surface area contributed by atoms with Crippen molar-refractivity contribution in [2.24, 2.45) is 0 Å². The lowest BCUT2D eigenvalue weighted by atomic mass is 10.3. The topological polar surface area (TPSA) is 24.3 Å². The number of rotatable bonds is 4. The summed E-state index contributed by atoms with van der Waals surface area (Å²) in [7, 11) is 0. The van der Waals surface area contributed by atoms with Crippen molar-refractivity contribution in [1.82, 2.24) is 19.4 Å². The fourth-order valence-corrected chi connectivity index (χ4v) is 4.21. The van der Waals surface area contributed by atoms with Crippen LogP contribution >= 0.6 is 22.9 Å². The molecule has 120 valence electrons. The van der Waals surface area contributed by atoms with Crippen LogP contribution in [0.2, 0.25) is 4.34 Å². The minimum absolute atomic E-state index is 0.880. The van der Waals surface area contributed by atoms with Gasteiger partial charge < -0.3 is 4.57 Å². The first-order valence-corrected chi connectivity index (χ1v) is 9.06. The van der Waals surface area contributed by atoms with Crippen LogP contribution in [0.1, 0.15) is 4.88 Å². The van der Waals surface area contributed by atoms with E-state index in [0.717, 1.165) is 49.2 Å². The highest BCUT2D eigenvalue weighted by Crippen LogP contribution is 2.23. The number of fused-ring (bicyclic) bond motifs is 1. The Labute approximate surface area is 144 Å². The molecule has 3 aromatic rings. The van der Waals surface area contributed by atoms with E-state index >= 15 is 0 Å². The molecule has 0 aliphatic carbocycles. The standard InChI is InChI=1S/C17H19ClN4S/c18-17-6-5-14(23-17)11-20-7-9-21(10-8-20)13-22-12-19-15-3-1-2-4-16(15)22/h1-6,12H,7-11,13H2. The van der Waals surface area contributed by atoms with Gasteiger partial charge in [0.2, 0.25) is 0 Å². The molecule has 1 aliphatic rings. The summed E-state index contributed by atoms with van der Waals surface area (Å²) in [5.41, 5.74) is 2.28. The molecule has 1 saturated heterocycles. The molecule has 1 fully saturated rings. The number of para-hydroxylation sites is 2. The van der Waals surface area contributed by atoms with E-state index in [1.165, 1.54) is 10.4 Å². The van der Waals surface area contributed by atoms with Gasteiger partial charge in [-0.25, -0.2) is 4.98 Å². The van der Waals surface area contributed by atoms with Crippen LogP contribution < -0.4 is 0 Å². The van der Waals surface area contributed by atoms with Crippen LogP contribution in [-0.4, -0.2) is 45.5 Å². The monoisotopic (exact) mass is 346 g/mol. The lowest BCUT2D eigenvalue weighted by Gasteiger charge is -2.34. The number of thiophene rings is 1. The van der Waals surface area contributed by atoms with Gasteiger partial charge >= 0.3 is 0 Å². The molecule has 0 N–H and O–H groups in total. The number of imidazole rings is 1. The Bertz CT molecular complexity index is 789. The number of nitrogens with zero attached hydrogens (tertiary/aromatic N) is 4. The van der Waals surface area contributed by atoms with Crippen LogP contribution in [0.15, 0.2) is 42.7 Å². The Hall–Kier alpha value is -1.40. The molecule has 4 rings (SSSR count). The molecule has 23 heavy (non-hydrogen) atoms. The third-order valence-electron chi connectivity index (χ3n) is 4.35. The Morgan fingerprint density at radius 2 is 1.78 bits per heavy atom. The Kier molecular flexibility index (Phi) is 4.35. The summed E-state index contributed by atoms with van der Waals surface area (Å²) in [4.78, 5) is 10.8. The summed E-state index contributed by atoms with van der Waals surface area (Å²) in [6, 6.07) is 12.4. The Balaban J connectivity index is 1.34. The van der Waals surface area contributed by atoms with E-state index in [2.05, 4.69) is 43.6 Å². The third kappa shape index (κ3) is 3.43. The summed E-state index contributed by atoms with van der Waals surface area (Å²) >= 11 is 7.70. The van der Waals surface area contributed by atoms with Crippen molar-refractivity contribution in [2.45, 2.75) is 13.2 Å².